The summed E-state index contributed by atoms with van der Waals surface area (Å²) < 4.78 is 19.0. The van der Waals surface area contributed by atoms with E-state index in [1.165, 1.54) is 36.4 Å². The molecule has 2 rings (SSSR count). The van der Waals surface area contributed by atoms with E-state index in [2.05, 4.69) is 21.4 Å². The number of hydrogen-bond donors (Lipinski definition) is 2. The third-order valence-electron chi connectivity index (χ3n) is 2.73. The zero-order chi connectivity index (χ0) is 15.4. The largest absolute Gasteiger partial charge is 0.488 e. The van der Waals surface area contributed by atoms with Crippen molar-refractivity contribution >= 4 is 27.3 Å². The highest BCUT2D eigenvalue weighted by atomic mass is 79.9. The number of nitro benzene ring substituents is 1. The standard InChI is InChI=1S/C13H11BrFN3O3/c14-11-6-9(15)1-4-13(11)21-7-8-5-10(18(19)20)2-3-12(8)17-16/h1-6,17H,7,16H2. The van der Waals surface area contributed by atoms with Crippen molar-refractivity contribution in [3.63, 3.8) is 0 Å². The number of nitrogens with one attached hydrogen (secondary N) is 1. The van der Waals surface area contributed by atoms with E-state index in [4.69, 9.17) is 10.6 Å². The molecule has 0 atom stereocenters. The van der Waals surface area contributed by atoms with Gasteiger partial charge in [-0.15, -0.1) is 0 Å². The number of anilines is 1. The minimum absolute atomic E-state index is 0.0471. The highest BCUT2D eigenvalue weighted by molar-refractivity contribution is 9.10. The molecule has 0 amide bonds. The van der Waals surface area contributed by atoms with Gasteiger partial charge in [0, 0.05) is 17.7 Å². The van der Waals surface area contributed by atoms with Gasteiger partial charge in [0.2, 0.25) is 0 Å². The normalized spacial score (nSPS) is 10.2. The Kier molecular flexibility index (Phi) is 4.71. The van der Waals surface area contributed by atoms with E-state index in [-0.39, 0.29) is 12.3 Å². The lowest BCUT2D eigenvalue weighted by molar-refractivity contribution is -0.384. The van der Waals surface area contributed by atoms with E-state index in [1.54, 1.807) is 0 Å². The number of benzene rings is 2. The summed E-state index contributed by atoms with van der Waals surface area (Å²) in [5, 5.41) is 10.8. The first kappa shape index (κ1) is 15.2. The highest BCUT2D eigenvalue weighted by Gasteiger charge is 2.11. The summed E-state index contributed by atoms with van der Waals surface area (Å²) in [4.78, 5) is 10.3. The van der Waals surface area contributed by atoms with Crippen molar-refractivity contribution in [3.05, 3.63) is 62.4 Å². The summed E-state index contributed by atoms with van der Waals surface area (Å²) in [6, 6.07) is 8.20. The Hall–Kier alpha value is -2.19. The summed E-state index contributed by atoms with van der Waals surface area (Å²) >= 11 is 3.18. The smallest absolute Gasteiger partial charge is 0.269 e. The average Bonchev–Trinajstić information content (AvgIpc) is 2.46. The Balaban J connectivity index is 2.22. The lowest BCUT2D eigenvalue weighted by Crippen LogP contribution is -2.11. The zero-order valence-corrected chi connectivity index (χ0v) is 12.3. The molecule has 0 aliphatic carbocycles. The van der Waals surface area contributed by atoms with Crippen LogP contribution in [0.15, 0.2) is 40.9 Å². The zero-order valence-electron chi connectivity index (χ0n) is 10.7. The molecule has 0 aromatic heterocycles. The van der Waals surface area contributed by atoms with Crippen molar-refractivity contribution < 1.29 is 14.1 Å². The lowest BCUT2D eigenvalue weighted by Gasteiger charge is -2.11. The van der Waals surface area contributed by atoms with Crippen LogP contribution < -0.4 is 16.0 Å². The average molecular weight is 356 g/mol. The Bertz CT molecular complexity index is 682. The first-order valence-corrected chi connectivity index (χ1v) is 6.62. The van der Waals surface area contributed by atoms with E-state index < -0.39 is 10.7 Å². The third kappa shape index (κ3) is 3.67. The van der Waals surface area contributed by atoms with Crippen LogP contribution in [-0.2, 0) is 6.61 Å². The maximum atomic E-state index is 13.0. The predicted molar refractivity (Wildman–Crippen MR) is 79.3 cm³/mol. The molecule has 0 heterocycles. The van der Waals surface area contributed by atoms with Crippen LogP contribution in [-0.4, -0.2) is 4.92 Å². The van der Waals surface area contributed by atoms with E-state index in [0.717, 1.165) is 0 Å². The second kappa shape index (κ2) is 6.51. The number of hydrogen-bond acceptors (Lipinski definition) is 5. The second-order valence-corrected chi connectivity index (χ2v) is 4.96. The van der Waals surface area contributed by atoms with Crippen molar-refractivity contribution in [2.45, 2.75) is 6.61 Å². The molecule has 0 radical (unpaired) electrons. The summed E-state index contributed by atoms with van der Waals surface area (Å²) in [7, 11) is 0. The van der Waals surface area contributed by atoms with Crippen LogP contribution in [0, 0.1) is 15.9 Å². The molecule has 0 aliphatic rings. The SMILES string of the molecule is NNc1ccc([N+](=O)[O-])cc1COc1ccc(F)cc1Br. The Morgan fingerprint density at radius 1 is 1.33 bits per heavy atom. The van der Waals surface area contributed by atoms with Gasteiger partial charge in [0.05, 0.1) is 15.1 Å². The number of nitrogen functional groups attached to an aromatic ring is 1. The summed E-state index contributed by atoms with van der Waals surface area (Å²) in [5.74, 6) is 5.39. The Morgan fingerprint density at radius 3 is 2.71 bits per heavy atom. The van der Waals surface area contributed by atoms with Gasteiger partial charge in [-0.1, -0.05) is 0 Å². The molecule has 0 bridgehead atoms. The lowest BCUT2D eigenvalue weighted by atomic mass is 10.1. The fourth-order valence-electron chi connectivity index (χ4n) is 1.70. The predicted octanol–water partition coefficient (Wildman–Crippen LogP) is 3.36. The van der Waals surface area contributed by atoms with Crippen molar-refractivity contribution in [1.82, 2.24) is 0 Å². The summed E-state index contributed by atoms with van der Waals surface area (Å²) in [6.07, 6.45) is 0. The van der Waals surface area contributed by atoms with Crippen LogP contribution in [0.3, 0.4) is 0 Å². The van der Waals surface area contributed by atoms with Gasteiger partial charge in [0.1, 0.15) is 18.2 Å². The van der Waals surface area contributed by atoms with Crippen LogP contribution in [0.5, 0.6) is 5.75 Å². The van der Waals surface area contributed by atoms with Crippen LogP contribution >= 0.6 is 15.9 Å². The number of nitrogens with zero attached hydrogens (tertiary/aromatic N) is 1. The van der Waals surface area contributed by atoms with Gasteiger partial charge in [-0.2, -0.15) is 0 Å². The van der Waals surface area contributed by atoms with Crippen molar-refractivity contribution in [1.29, 1.82) is 0 Å². The molecule has 0 spiro atoms. The molecular formula is C13H11BrFN3O3. The van der Waals surface area contributed by atoms with Crippen molar-refractivity contribution in [2.24, 2.45) is 5.84 Å². The minimum Gasteiger partial charge on any atom is -0.488 e. The molecule has 0 fully saturated rings. The second-order valence-electron chi connectivity index (χ2n) is 4.11. The molecule has 21 heavy (non-hydrogen) atoms. The fraction of sp³-hybridized carbons (Fsp3) is 0.0769. The van der Waals surface area contributed by atoms with Gasteiger partial charge in [-0.3, -0.25) is 16.0 Å². The van der Waals surface area contributed by atoms with E-state index >= 15 is 0 Å². The molecule has 110 valence electrons. The fourth-order valence-corrected chi connectivity index (χ4v) is 2.17. The number of nitro groups is 1. The molecule has 0 aliphatic heterocycles. The topological polar surface area (TPSA) is 90.4 Å². The van der Waals surface area contributed by atoms with Gasteiger partial charge in [0.15, 0.2) is 0 Å². The first-order valence-electron chi connectivity index (χ1n) is 5.83. The van der Waals surface area contributed by atoms with Gasteiger partial charge in [-0.05, 0) is 40.2 Å². The van der Waals surface area contributed by atoms with Gasteiger partial charge >= 0.3 is 0 Å². The number of rotatable bonds is 5. The van der Waals surface area contributed by atoms with E-state index in [0.29, 0.717) is 21.5 Å². The summed E-state index contributed by atoms with van der Waals surface area (Å²) in [5.41, 5.74) is 3.41. The molecular weight excluding hydrogens is 345 g/mol. The van der Waals surface area contributed by atoms with Gasteiger partial charge in [-0.25, -0.2) is 4.39 Å². The van der Waals surface area contributed by atoms with Crippen LogP contribution in [0.2, 0.25) is 0 Å². The van der Waals surface area contributed by atoms with E-state index in [9.17, 15) is 14.5 Å². The number of nitrogens with two attached hydrogens (primary N) is 1. The minimum atomic E-state index is -0.502. The molecule has 2 aromatic carbocycles. The summed E-state index contributed by atoms with van der Waals surface area (Å²) in [6.45, 7) is 0.0471. The molecule has 0 unspecified atom stereocenters. The van der Waals surface area contributed by atoms with E-state index in [1.807, 2.05) is 0 Å². The molecule has 6 nitrogen and oxygen atoms in total. The Morgan fingerprint density at radius 2 is 2.10 bits per heavy atom. The maximum Gasteiger partial charge on any atom is 0.269 e. The van der Waals surface area contributed by atoms with Crippen molar-refractivity contribution in [3.8, 4) is 5.75 Å². The number of halogens is 2. The number of hydrazine groups is 1. The highest BCUT2D eigenvalue weighted by Crippen LogP contribution is 2.28. The van der Waals surface area contributed by atoms with Gasteiger partial charge < -0.3 is 10.2 Å². The molecule has 8 heteroatoms. The molecule has 3 N–H and O–H groups in total. The van der Waals surface area contributed by atoms with Crippen LogP contribution in [0.4, 0.5) is 15.8 Å². The molecule has 0 saturated heterocycles. The first-order chi connectivity index (χ1) is 10.0. The quantitative estimate of drug-likeness (QED) is 0.487. The molecule has 2 aromatic rings. The molecule has 0 saturated carbocycles. The monoisotopic (exact) mass is 355 g/mol. The van der Waals surface area contributed by atoms with Crippen LogP contribution in [0.25, 0.3) is 0 Å². The number of non-ortho nitro benzene ring substituents is 1. The van der Waals surface area contributed by atoms with Gasteiger partial charge in [0.25, 0.3) is 5.69 Å². The number of ether oxygens (including phenoxy) is 1. The third-order valence-corrected chi connectivity index (χ3v) is 3.35. The Labute approximate surface area is 128 Å². The maximum absolute atomic E-state index is 13.0. The van der Waals surface area contributed by atoms with Crippen LogP contribution in [0.1, 0.15) is 5.56 Å². The van der Waals surface area contributed by atoms with Crippen molar-refractivity contribution in [2.75, 3.05) is 5.43 Å².